The number of ether oxygens (including phenoxy) is 3. The van der Waals surface area contributed by atoms with Gasteiger partial charge in [0, 0.05) is 11.1 Å². The normalized spacial score (nSPS) is 14.9. The van der Waals surface area contributed by atoms with Gasteiger partial charge < -0.3 is 38.7 Å². The number of aromatic hydroxyl groups is 1. The highest BCUT2D eigenvalue weighted by Crippen LogP contribution is 2.32. The molecule has 16 nitrogen and oxygen atoms in total. The highest BCUT2D eigenvalue weighted by Gasteiger charge is 2.28. The zero-order chi connectivity index (χ0) is 46.6. The van der Waals surface area contributed by atoms with E-state index in [-0.39, 0.29) is 60.0 Å². The summed E-state index contributed by atoms with van der Waals surface area (Å²) in [5.41, 5.74) is 8.94. The zero-order valence-electron chi connectivity index (χ0n) is 37.4. The molecule has 2 aromatic rings. The van der Waals surface area contributed by atoms with Gasteiger partial charge in [-0.05, 0) is 138 Å². The molecule has 2 aliphatic carbocycles. The number of oxime groups is 4. The molecule has 334 valence electrons. The molecule has 0 aromatic heterocycles. The fourth-order valence-electron chi connectivity index (χ4n) is 6.18. The maximum atomic E-state index is 12.6. The maximum Gasteiger partial charge on any atom is 0.360 e. The first kappa shape index (κ1) is 50.1. The predicted molar refractivity (Wildman–Crippen MR) is 238 cm³/mol. The van der Waals surface area contributed by atoms with Gasteiger partial charge in [-0.25, -0.2) is 9.59 Å². The molecule has 0 bridgehead atoms. The highest BCUT2D eigenvalue weighted by atomic mass is 16.6. The second kappa shape index (κ2) is 24.8. The summed E-state index contributed by atoms with van der Waals surface area (Å²) in [6.45, 7) is 11.5. The Hall–Kier alpha value is -7.28. The van der Waals surface area contributed by atoms with Gasteiger partial charge in [0.15, 0.2) is 11.4 Å². The largest absolute Gasteiger partial charge is 0.508 e. The number of carbonyl (C=O) groups is 4. The minimum Gasteiger partial charge on any atom is -0.508 e. The lowest BCUT2D eigenvalue weighted by Crippen LogP contribution is -2.23. The van der Waals surface area contributed by atoms with E-state index >= 15 is 0 Å². The first-order valence-electron chi connectivity index (χ1n) is 19.6. The predicted octanol–water partition coefficient (Wildman–Crippen LogP) is 7.45. The van der Waals surface area contributed by atoms with Crippen LogP contribution in [0.2, 0.25) is 0 Å². The van der Waals surface area contributed by atoms with Crippen LogP contribution in [0.1, 0.15) is 87.9 Å². The number of esters is 2. The quantitative estimate of drug-likeness (QED) is 0.0388. The van der Waals surface area contributed by atoms with Crippen LogP contribution >= 0.6 is 0 Å². The average molecular weight is 867 g/mol. The number of phenolic OH excluding ortho intramolecular Hbond substituents is 1. The number of terminal acetylenes is 1. The van der Waals surface area contributed by atoms with Gasteiger partial charge in [0.2, 0.25) is 11.6 Å². The number of hydrogen-bond acceptors (Lipinski definition) is 16. The molecule has 0 spiro atoms. The summed E-state index contributed by atoms with van der Waals surface area (Å²) in [6.07, 6.45) is 7.36. The number of ketones is 2. The van der Waals surface area contributed by atoms with E-state index in [0.717, 1.165) is 22.3 Å². The molecule has 1 N–H and O–H groups in total. The van der Waals surface area contributed by atoms with E-state index in [1.807, 2.05) is 27.7 Å². The smallest absolute Gasteiger partial charge is 0.360 e. The molecule has 0 heterocycles. The summed E-state index contributed by atoms with van der Waals surface area (Å²) in [5.74, 6) is 1.25. The Morgan fingerprint density at radius 1 is 0.603 bits per heavy atom. The third kappa shape index (κ3) is 14.4. The minimum absolute atomic E-state index is 0.0759. The number of rotatable bonds is 18. The molecule has 0 fully saturated rings. The molecular weight excluding hydrogens is 813 g/mol. The molecule has 0 aliphatic heterocycles. The Bertz CT molecular complexity index is 2320. The number of phenols is 1. The Kier molecular flexibility index (Phi) is 19.8. The first-order valence-corrected chi connectivity index (χ1v) is 19.6. The Morgan fingerprint density at radius 2 is 0.984 bits per heavy atom. The van der Waals surface area contributed by atoms with E-state index in [1.54, 1.807) is 38.1 Å². The maximum absolute atomic E-state index is 12.6. The molecule has 2 aliphatic rings. The second-order valence-electron chi connectivity index (χ2n) is 14.3. The van der Waals surface area contributed by atoms with Crippen LogP contribution < -0.4 is 4.74 Å². The number of carbonyl (C=O) groups excluding carboxylic acids is 4. The van der Waals surface area contributed by atoms with Crippen molar-refractivity contribution in [3.63, 3.8) is 0 Å². The number of hydrogen-bond donors (Lipinski definition) is 1. The number of nitrogens with zero attached hydrogens (tertiary/aromatic N) is 4. The fourth-order valence-corrected chi connectivity index (χ4v) is 6.18. The van der Waals surface area contributed by atoms with E-state index in [2.05, 4.69) is 26.5 Å². The Balaban J connectivity index is 0.000000337. The molecule has 0 saturated heterocycles. The number of allylic oxidation sites excluding steroid dienone is 4. The van der Waals surface area contributed by atoms with Gasteiger partial charge in [-0.2, -0.15) is 0 Å². The van der Waals surface area contributed by atoms with Crippen molar-refractivity contribution in [2.45, 2.75) is 67.2 Å². The molecular formula is C47H54N4O12. The van der Waals surface area contributed by atoms with Crippen molar-refractivity contribution < 1.29 is 57.8 Å². The van der Waals surface area contributed by atoms with Crippen molar-refractivity contribution in [1.82, 2.24) is 0 Å². The molecule has 0 amide bonds. The lowest BCUT2D eigenvalue weighted by molar-refractivity contribution is -0.133. The van der Waals surface area contributed by atoms with Crippen LogP contribution in [-0.2, 0) is 38.4 Å². The third-order valence-electron chi connectivity index (χ3n) is 9.95. The minimum atomic E-state index is -0.598. The third-order valence-corrected chi connectivity index (χ3v) is 9.95. The van der Waals surface area contributed by atoms with Crippen LogP contribution in [0.3, 0.4) is 0 Å². The summed E-state index contributed by atoms with van der Waals surface area (Å²) in [6, 6.07) is 12.5. The number of methoxy groups -OCH3 is 2. The number of Topliss-reactive ketones (excluding diaryl/α,β-unsaturated/α-hetero) is 2. The zero-order valence-corrected chi connectivity index (χ0v) is 37.4. The second-order valence-corrected chi connectivity index (χ2v) is 14.3. The topological polar surface area (TPSA) is 203 Å². The van der Waals surface area contributed by atoms with Gasteiger partial charge in [-0.15, -0.1) is 6.42 Å². The summed E-state index contributed by atoms with van der Waals surface area (Å²) < 4.78 is 15.0. The van der Waals surface area contributed by atoms with E-state index < -0.39 is 11.9 Å². The van der Waals surface area contributed by atoms with E-state index in [0.29, 0.717) is 53.7 Å². The van der Waals surface area contributed by atoms with Crippen LogP contribution in [0, 0.1) is 12.3 Å². The highest BCUT2D eigenvalue weighted by molar-refractivity contribution is 6.46. The molecule has 4 rings (SSSR count). The van der Waals surface area contributed by atoms with Crippen LogP contribution in [0.25, 0.3) is 0 Å². The van der Waals surface area contributed by atoms with Crippen molar-refractivity contribution in [3.8, 4) is 23.8 Å². The van der Waals surface area contributed by atoms with Crippen LogP contribution in [0.15, 0.2) is 114 Å². The van der Waals surface area contributed by atoms with Crippen molar-refractivity contribution >= 4 is 46.4 Å². The van der Waals surface area contributed by atoms with Crippen LogP contribution in [0.5, 0.6) is 11.5 Å². The lowest BCUT2D eigenvalue weighted by atomic mass is 9.85. The van der Waals surface area contributed by atoms with Gasteiger partial charge in [-0.3, -0.25) is 9.59 Å². The van der Waals surface area contributed by atoms with E-state index in [9.17, 15) is 24.3 Å². The summed E-state index contributed by atoms with van der Waals surface area (Å²) in [4.78, 5) is 70.1. The van der Waals surface area contributed by atoms with Crippen LogP contribution in [0.4, 0.5) is 0 Å². The van der Waals surface area contributed by atoms with Gasteiger partial charge in [0.1, 0.15) is 57.0 Å². The Labute approximate surface area is 367 Å². The van der Waals surface area contributed by atoms with E-state index in [1.165, 1.54) is 63.9 Å². The summed E-state index contributed by atoms with van der Waals surface area (Å²) in [5, 5.41) is 25.0. The molecule has 0 unspecified atom stereocenters. The van der Waals surface area contributed by atoms with Crippen molar-refractivity contribution in [2.24, 2.45) is 20.6 Å². The van der Waals surface area contributed by atoms with Crippen LogP contribution in [-0.4, -0.2) is 99.7 Å². The Morgan fingerprint density at radius 3 is 1.35 bits per heavy atom. The monoisotopic (exact) mass is 866 g/mol. The standard InChI is InChI=1S/C25H28N2O6.C22H26N2O6/c1-7-12-32-21-10-8-19(9-11-21)24(28)18(4)26-33-15-20-13-16(2)17(3)14-22(20)23(27-31-6)25(29)30-5;1-13-10-17(19(11-14(13)2)20(24-29-5)22(27)28-4)12-30-23-15(3)21(26)16-6-8-18(25)9-7-16/h1,8-11H,12-15H2,2-6H3;6-9,25H,10-12H2,1-5H3/b26-18+,27-23+;23-15+,24-20+. The van der Waals surface area contributed by atoms with Gasteiger partial charge in [0.05, 0.1) is 14.2 Å². The summed E-state index contributed by atoms with van der Waals surface area (Å²) in [7, 11) is 5.29. The SMILES string of the molecule is C#CCOc1ccc(C(=O)/C(C)=N/OCC2=C(/C(=N\OC)C(=O)OC)CC(C)=C(C)C2)cc1.CO/N=C(/C(=O)OC)C1=C(CO/N=C(\C)C(=O)c2ccc(O)cc2)CC(C)=C(C)C1. The van der Waals surface area contributed by atoms with Crippen molar-refractivity contribution in [1.29, 1.82) is 0 Å². The molecule has 2 aromatic carbocycles. The molecule has 16 heteroatoms. The number of benzene rings is 2. The lowest BCUT2D eigenvalue weighted by Gasteiger charge is -2.22. The molecule has 0 atom stereocenters. The summed E-state index contributed by atoms with van der Waals surface area (Å²) >= 11 is 0. The van der Waals surface area contributed by atoms with E-state index in [4.69, 9.17) is 40.0 Å². The molecule has 0 radical (unpaired) electrons. The fraction of sp³-hybridized carbons (Fsp3) is 0.362. The van der Waals surface area contributed by atoms with Gasteiger partial charge >= 0.3 is 11.9 Å². The van der Waals surface area contributed by atoms with Crippen molar-refractivity contribution in [2.75, 3.05) is 48.3 Å². The first-order chi connectivity index (χ1) is 30.1. The van der Waals surface area contributed by atoms with Gasteiger partial charge in [0.25, 0.3) is 0 Å². The molecule has 0 saturated carbocycles. The van der Waals surface area contributed by atoms with Crippen molar-refractivity contribution in [3.05, 3.63) is 104 Å². The average Bonchev–Trinajstić information content (AvgIpc) is 3.28. The van der Waals surface area contributed by atoms with Gasteiger partial charge in [-0.1, -0.05) is 48.8 Å². The molecule has 63 heavy (non-hydrogen) atoms.